The smallest absolute Gasteiger partial charge is 0.132 e. The van der Waals surface area contributed by atoms with Crippen molar-refractivity contribution in [1.82, 2.24) is 5.32 Å². The molecule has 0 aliphatic heterocycles. The van der Waals surface area contributed by atoms with Crippen molar-refractivity contribution in [3.8, 4) is 0 Å². The van der Waals surface area contributed by atoms with Crippen molar-refractivity contribution >= 4 is 21.7 Å². The number of rotatable bonds is 3. The zero-order chi connectivity index (χ0) is 13.1. The molecule has 1 atom stereocenters. The average Bonchev–Trinajstić information content (AvgIpc) is 2.37. The van der Waals surface area contributed by atoms with Crippen molar-refractivity contribution < 1.29 is 4.79 Å². The van der Waals surface area contributed by atoms with Gasteiger partial charge in [-0.2, -0.15) is 0 Å². The number of halogens is 1. The zero-order valence-corrected chi connectivity index (χ0v) is 12.6. The first-order valence-corrected chi connectivity index (χ1v) is 7.36. The molecule has 2 nitrogen and oxygen atoms in total. The normalized spacial score (nSPS) is 18.9. The van der Waals surface area contributed by atoms with Crippen LogP contribution in [0.4, 0.5) is 0 Å². The van der Waals surface area contributed by atoms with E-state index in [1.54, 1.807) is 0 Å². The Labute approximate surface area is 117 Å². The lowest BCUT2D eigenvalue weighted by molar-refractivity contribution is -0.121. The summed E-state index contributed by atoms with van der Waals surface area (Å²) < 4.78 is 1.12. The van der Waals surface area contributed by atoms with E-state index in [1.165, 1.54) is 11.1 Å². The molecule has 0 radical (unpaired) electrons. The van der Waals surface area contributed by atoms with Crippen LogP contribution in [0.25, 0.3) is 0 Å². The lowest BCUT2D eigenvalue weighted by Gasteiger charge is -2.31. The van der Waals surface area contributed by atoms with Crippen LogP contribution >= 0.6 is 15.9 Å². The maximum Gasteiger partial charge on any atom is 0.132 e. The van der Waals surface area contributed by atoms with Crippen LogP contribution in [0.2, 0.25) is 0 Å². The van der Waals surface area contributed by atoms with Gasteiger partial charge in [-0.05, 0) is 56.0 Å². The number of benzene rings is 1. The first kappa shape index (κ1) is 13.8. The highest BCUT2D eigenvalue weighted by atomic mass is 79.9. The predicted molar refractivity (Wildman–Crippen MR) is 77.6 cm³/mol. The van der Waals surface area contributed by atoms with Gasteiger partial charge >= 0.3 is 0 Å². The molecule has 1 aliphatic carbocycles. The van der Waals surface area contributed by atoms with Crippen molar-refractivity contribution in [3.05, 3.63) is 33.8 Å². The summed E-state index contributed by atoms with van der Waals surface area (Å²) in [5.41, 5.74) is 2.67. The molecule has 0 bridgehead atoms. The van der Waals surface area contributed by atoms with Crippen LogP contribution in [0.15, 0.2) is 22.7 Å². The van der Waals surface area contributed by atoms with Crippen LogP contribution in [0.5, 0.6) is 0 Å². The van der Waals surface area contributed by atoms with E-state index in [1.807, 2.05) is 7.05 Å². The topological polar surface area (TPSA) is 29.1 Å². The maximum absolute atomic E-state index is 11.3. The van der Waals surface area contributed by atoms with E-state index < -0.39 is 0 Å². The first-order chi connectivity index (χ1) is 8.61. The van der Waals surface area contributed by atoms with E-state index >= 15 is 0 Å². The first-order valence-electron chi connectivity index (χ1n) is 6.57. The SMILES string of the molecule is CNC(c1cc(Br)ccc1C)C1CCC(=O)CC1. The molecule has 0 amide bonds. The number of nitrogens with one attached hydrogen (secondary N) is 1. The summed E-state index contributed by atoms with van der Waals surface area (Å²) in [5.74, 6) is 0.993. The number of carbonyl (C=O) groups excluding carboxylic acids is 1. The van der Waals surface area contributed by atoms with Gasteiger partial charge in [-0.15, -0.1) is 0 Å². The summed E-state index contributed by atoms with van der Waals surface area (Å²) >= 11 is 3.55. The Balaban J connectivity index is 2.22. The summed E-state index contributed by atoms with van der Waals surface area (Å²) in [6, 6.07) is 6.79. The molecule has 1 unspecified atom stereocenters. The lowest BCUT2D eigenvalue weighted by Crippen LogP contribution is -2.29. The monoisotopic (exact) mass is 309 g/mol. The van der Waals surface area contributed by atoms with Gasteiger partial charge in [0.25, 0.3) is 0 Å². The molecule has 3 heteroatoms. The molecule has 1 aliphatic rings. The molecule has 1 saturated carbocycles. The molecule has 1 N–H and O–H groups in total. The van der Waals surface area contributed by atoms with Crippen molar-refractivity contribution in [2.45, 2.75) is 38.6 Å². The molecule has 0 heterocycles. The van der Waals surface area contributed by atoms with Gasteiger partial charge < -0.3 is 5.32 Å². The Morgan fingerprint density at radius 3 is 2.61 bits per heavy atom. The second-order valence-corrected chi connectivity index (χ2v) is 6.06. The number of carbonyl (C=O) groups is 1. The Morgan fingerprint density at radius 2 is 2.00 bits per heavy atom. The highest BCUT2D eigenvalue weighted by molar-refractivity contribution is 9.10. The standard InChI is InChI=1S/C15H20BrNO/c1-10-3-6-12(16)9-14(10)15(17-2)11-4-7-13(18)8-5-11/h3,6,9,11,15,17H,4-5,7-8H2,1-2H3. The molecule has 1 aromatic rings. The zero-order valence-electron chi connectivity index (χ0n) is 11.0. The van der Waals surface area contributed by atoms with E-state index in [4.69, 9.17) is 0 Å². The third-order valence-electron chi connectivity index (χ3n) is 3.95. The van der Waals surface area contributed by atoms with Gasteiger partial charge in [0.1, 0.15) is 5.78 Å². The summed E-state index contributed by atoms with van der Waals surface area (Å²) in [6.07, 6.45) is 3.51. The minimum absolute atomic E-state index is 0.357. The third-order valence-corrected chi connectivity index (χ3v) is 4.44. The minimum atomic E-state index is 0.357. The summed E-state index contributed by atoms with van der Waals surface area (Å²) in [4.78, 5) is 11.3. The minimum Gasteiger partial charge on any atom is -0.313 e. The van der Waals surface area contributed by atoms with E-state index in [0.29, 0.717) is 17.7 Å². The second-order valence-electron chi connectivity index (χ2n) is 5.14. The molecular formula is C15H20BrNO. The number of aryl methyl sites for hydroxylation is 1. The molecule has 1 aromatic carbocycles. The third kappa shape index (κ3) is 3.01. The summed E-state index contributed by atoms with van der Waals surface area (Å²) in [7, 11) is 2.02. The Kier molecular flexibility index (Phi) is 4.57. The fourth-order valence-electron chi connectivity index (χ4n) is 2.89. The Morgan fingerprint density at radius 1 is 1.33 bits per heavy atom. The van der Waals surface area contributed by atoms with Gasteiger partial charge in [0.05, 0.1) is 0 Å². The summed E-state index contributed by atoms with van der Waals surface area (Å²) in [5, 5.41) is 3.44. The fourth-order valence-corrected chi connectivity index (χ4v) is 3.27. The number of hydrogen-bond donors (Lipinski definition) is 1. The molecule has 18 heavy (non-hydrogen) atoms. The number of Topliss-reactive ketones (excluding diaryl/α,β-unsaturated/α-hetero) is 1. The van der Waals surface area contributed by atoms with Crippen LogP contribution in [0, 0.1) is 12.8 Å². The van der Waals surface area contributed by atoms with Crippen LogP contribution < -0.4 is 5.32 Å². The van der Waals surface area contributed by atoms with Crippen LogP contribution in [0.3, 0.4) is 0 Å². The van der Waals surface area contributed by atoms with E-state index in [0.717, 1.165) is 30.2 Å². The van der Waals surface area contributed by atoms with Crippen molar-refractivity contribution in [3.63, 3.8) is 0 Å². The highest BCUT2D eigenvalue weighted by Gasteiger charge is 2.27. The van der Waals surface area contributed by atoms with Crippen molar-refractivity contribution in [2.24, 2.45) is 5.92 Å². The maximum atomic E-state index is 11.3. The van der Waals surface area contributed by atoms with Crippen LogP contribution in [0.1, 0.15) is 42.9 Å². The molecular weight excluding hydrogens is 290 g/mol. The molecule has 1 fully saturated rings. The molecule has 0 spiro atoms. The van der Waals surface area contributed by atoms with E-state index in [9.17, 15) is 4.79 Å². The lowest BCUT2D eigenvalue weighted by atomic mass is 9.80. The summed E-state index contributed by atoms with van der Waals surface area (Å²) in [6.45, 7) is 2.15. The fraction of sp³-hybridized carbons (Fsp3) is 0.533. The van der Waals surface area contributed by atoms with Crippen LogP contribution in [-0.2, 0) is 4.79 Å². The quantitative estimate of drug-likeness (QED) is 0.920. The van der Waals surface area contributed by atoms with Crippen LogP contribution in [-0.4, -0.2) is 12.8 Å². The molecule has 0 aromatic heterocycles. The number of hydrogen-bond acceptors (Lipinski definition) is 2. The van der Waals surface area contributed by atoms with E-state index in [-0.39, 0.29) is 0 Å². The molecule has 98 valence electrons. The van der Waals surface area contributed by atoms with Gasteiger partial charge in [0.15, 0.2) is 0 Å². The van der Waals surface area contributed by atoms with Gasteiger partial charge in [-0.25, -0.2) is 0 Å². The Hall–Kier alpha value is -0.670. The van der Waals surface area contributed by atoms with Gasteiger partial charge in [0.2, 0.25) is 0 Å². The van der Waals surface area contributed by atoms with E-state index in [2.05, 4.69) is 46.4 Å². The number of ketones is 1. The van der Waals surface area contributed by atoms with Crippen molar-refractivity contribution in [2.75, 3.05) is 7.05 Å². The van der Waals surface area contributed by atoms with Gasteiger partial charge in [-0.1, -0.05) is 22.0 Å². The average molecular weight is 310 g/mol. The predicted octanol–water partition coefficient (Wildman–Crippen LogP) is 3.78. The highest BCUT2D eigenvalue weighted by Crippen LogP contribution is 2.35. The molecule has 0 saturated heterocycles. The van der Waals surface area contributed by atoms with Gasteiger partial charge in [0, 0.05) is 23.4 Å². The van der Waals surface area contributed by atoms with Crippen molar-refractivity contribution in [1.29, 1.82) is 0 Å². The second kappa shape index (κ2) is 5.98. The molecule has 2 rings (SSSR count). The largest absolute Gasteiger partial charge is 0.313 e. The van der Waals surface area contributed by atoms with Gasteiger partial charge in [-0.3, -0.25) is 4.79 Å². The Bertz CT molecular complexity index is 434.